The molecule has 1 fully saturated rings. The molecule has 0 saturated carbocycles. The van der Waals surface area contributed by atoms with Crippen LogP contribution in [0.25, 0.3) is 0 Å². The third-order valence-electron chi connectivity index (χ3n) is 4.69. The highest BCUT2D eigenvalue weighted by Gasteiger charge is 2.37. The SMILES string of the molecule is CC1(CN)CCN(C(=O)C(Sc2ccccc2)c2ccccc2)C1.Cl. The van der Waals surface area contributed by atoms with E-state index in [0.717, 1.165) is 30.0 Å². The number of hydrogen-bond donors (Lipinski definition) is 1. The zero-order valence-electron chi connectivity index (χ0n) is 14.4. The summed E-state index contributed by atoms with van der Waals surface area (Å²) in [6.45, 7) is 4.34. The minimum Gasteiger partial charge on any atom is -0.341 e. The highest BCUT2D eigenvalue weighted by molar-refractivity contribution is 8.00. The van der Waals surface area contributed by atoms with E-state index in [-0.39, 0.29) is 29.0 Å². The average Bonchev–Trinajstić information content (AvgIpc) is 3.04. The Balaban J connectivity index is 0.00000225. The molecule has 0 spiro atoms. The maximum atomic E-state index is 13.2. The van der Waals surface area contributed by atoms with Gasteiger partial charge in [0.25, 0.3) is 0 Å². The van der Waals surface area contributed by atoms with Gasteiger partial charge in [0.2, 0.25) is 5.91 Å². The Kier molecular flexibility index (Phi) is 6.94. The van der Waals surface area contributed by atoms with Gasteiger partial charge in [-0.2, -0.15) is 0 Å². The first-order valence-electron chi connectivity index (χ1n) is 8.37. The smallest absolute Gasteiger partial charge is 0.240 e. The molecule has 1 saturated heterocycles. The predicted octanol–water partition coefficient (Wildman–Crippen LogP) is 4.14. The van der Waals surface area contributed by atoms with Gasteiger partial charge in [-0.05, 0) is 36.1 Å². The summed E-state index contributed by atoms with van der Waals surface area (Å²) >= 11 is 1.62. The largest absolute Gasteiger partial charge is 0.341 e. The normalized spacial score (nSPS) is 20.8. The summed E-state index contributed by atoms with van der Waals surface area (Å²) in [4.78, 5) is 16.3. The van der Waals surface area contributed by atoms with E-state index < -0.39 is 0 Å². The van der Waals surface area contributed by atoms with Crippen LogP contribution in [0.3, 0.4) is 0 Å². The molecule has 1 heterocycles. The lowest BCUT2D eigenvalue weighted by Gasteiger charge is -2.26. The molecule has 2 unspecified atom stereocenters. The quantitative estimate of drug-likeness (QED) is 0.798. The van der Waals surface area contributed by atoms with E-state index in [2.05, 4.69) is 19.1 Å². The van der Waals surface area contributed by atoms with Gasteiger partial charge in [-0.1, -0.05) is 55.5 Å². The van der Waals surface area contributed by atoms with Crippen LogP contribution in [0.4, 0.5) is 0 Å². The fourth-order valence-electron chi connectivity index (χ4n) is 3.07. The molecule has 0 aromatic heterocycles. The molecule has 2 N–H and O–H groups in total. The monoisotopic (exact) mass is 376 g/mol. The molecule has 2 aromatic rings. The molecule has 0 bridgehead atoms. The summed E-state index contributed by atoms with van der Waals surface area (Å²) < 4.78 is 0. The standard InChI is InChI=1S/C20H24N2OS.ClH/c1-20(14-21)12-13-22(15-20)19(23)18(16-8-4-2-5-9-16)24-17-10-6-3-7-11-17;/h2-11,18H,12-15,21H2,1H3;1H. The third kappa shape index (κ3) is 4.78. The number of rotatable bonds is 5. The number of nitrogens with two attached hydrogens (primary N) is 1. The molecule has 0 radical (unpaired) electrons. The highest BCUT2D eigenvalue weighted by atomic mass is 35.5. The van der Waals surface area contributed by atoms with Crippen LogP contribution in [-0.4, -0.2) is 30.4 Å². The van der Waals surface area contributed by atoms with E-state index in [1.807, 2.05) is 53.4 Å². The minimum absolute atomic E-state index is 0. The van der Waals surface area contributed by atoms with Crippen molar-refractivity contribution in [2.75, 3.05) is 19.6 Å². The number of thioether (sulfide) groups is 1. The average molecular weight is 377 g/mol. The predicted molar refractivity (Wildman–Crippen MR) is 107 cm³/mol. The zero-order chi connectivity index (χ0) is 17.0. The van der Waals surface area contributed by atoms with Crippen molar-refractivity contribution in [2.45, 2.75) is 23.5 Å². The van der Waals surface area contributed by atoms with Gasteiger partial charge in [-0.25, -0.2) is 0 Å². The van der Waals surface area contributed by atoms with Gasteiger partial charge in [-0.15, -0.1) is 24.2 Å². The Morgan fingerprint density at radius 1 is 1.16 bits per heavy atom. The van der Waals surface area contributed by atoms with Crippen LogP contribution in [-0.2, 0) is 4.79 Å². The van der Waals surface area contributed by atoms with Gasteiger partial charge in [0, 0.05) is 18.0 Å². The number of amides is 1. The van der Waals surface area contributed by atoms with Crippen molar-refractivity contribution in [3.8, 4) is 0 Å². The first-order chi connectivity index (χ1) is 11.6. The topological polar surface area (TPSA) is 46.3 Å². The molecule has 1 aliphatic rings. The summed E-state index contributed by atoms with van der Waals surface area (Å²) in [6.07, 6.45) is 0.979. The molecule has 25 heavy (non-hydrogen) atoms. The van der Waals surface area contributed by atoms with Gasteiger partial charge >= 0.3 is 0 Å². The van der Waals surface area contributed by atoms with Crippen molar-refractivity contribution in [1.29, 1.82) is 0 Å². The third-order valence-corrected chi connectivity index (χ3v) is 5.94. The summed E-state index contributed by atoms with van der Waals surface area (Å²) in [6, 6.07) is 20.2. The molecule has 3 rings (SSSR count). The van der Waals surface area contributed by atoms with Gasteiger partial charge < -0.3 is 10.6 Å². The van der Waals surface area contributed by atoms with E-state index in [1.165, 1.54) is 0 Å². The summed E-state index contributed by atoms with van der Waals surface area (Å²) in [5.41, 5.74) is 7.00. The molecule has 134 valence electrons. The lowest BCUT2D eigenvalue weighted by Crippen LogP contribution is -2.36. The van der Waals surface area contributed by atoms with Crippen LogP contribution in [0.15, 0.2) is 65.6 Å². The Morgan fingerprint density at radius 2 is 1.76 bits per heavy atom. The summed E-state index contributed by atoms with van der Waals surface area (Å²) in [5, 5.41) is -0.214. The van der Waals surface area contributed by atoms with E-state index in [9.17, 15) is 4.79 Å². The van der Waals surface area contributed by atoms with Crippen molar-refractivity contribution < 1.29 is 4.79 Å². The number of nitrogens with zero attached hydrogens (tertiary/aromatic N) is 1. The molecule has 2 atom stereocenters. The van der Waals surface area contributed by atoms with Gasteiger partial charge in [-0.3, -0.25) is 4.79 Å². The van der Waals surface area contributed by atoms with Crippen molar-refractivity contribution in [3.63, 3.8) is 0 Å². The molecule has 3 nitrogen and oxygen atoms in total. The van der Waals surface area contributed by atoms with Crippen LogP contribution in [0, 0.1) is 5.41 Å². The Hall–Kier alpha value is -1.49. The first-order valence-corrected chi connectivity index (χ1v) is 9.25. The van der Waals surface area contributed by atoms with Gasteiger partial charge in [0.15, 0.2) is 0 Å². The minimum atomic E-state index is -0.214. The Bertz CT molecular complexity index is 683. The lowest BCUT2D eigenvalue weighted by atomic mass is 9.90. The Morgan fingerprint density at radius 3 is 2.32 bits per heavy atom. The van der Waals surface area contributed by atoms with Crippen LogP contribution < -0.4 is 5.73 Å². The molecule has 5 heteroatoms. The van der Waals surface area contributed by atoms with Crippen molar-refractivity contribution in [2.24, 2.45) is 11.1 Å². The molecule has 2 aromatic carbocycles. The first kappa shape index (κ1) is 19.8. The van der Waals surface area contributed by atoms with E-state index in [1.54, 1.807) is 11.8 Å². The fourth-order valence-corrected chi connectivity index (χ4v) is 4.20. The second-order valence-electron chi connectivity index (χ2n) is 6.75. The zero-order valence-corrected chi connectivity index (χ0v) is 16.1. The summed E-state index contributed by atoms with van der Waals surface area (Å²) in [7, 11) is 0. The number of halogens is 1. The van der Waals surface area contributed by atoms with Crippen molar-refractivity contribution >= 4 is 30.1 Å². The Labute approximate surface area is 160 Å². The van der Waals surface area contributed by atoms with Crippen molar-refractivity contribution in [3.05, 3.63) is 66.2 Å². The molecular weight excluding hydrogens is 352 g/mol. The maximum absolute atomic E-state index is 13.2. The van der Waals surface area contributed by atoms with E-state index in [0.29, 0.717) is 6.54 Å². The van der Waals surface area contributed by atoms with E-state index >= 15 is 0 Å². The van der Waals surface area contributed by atoms with Gasteiger partial charge in [0.1, 0.15) is 5.25 Å². The highest BCUT2D eigenvalue weighted by Crippen LogP contribution is 2.39. The van der Waals surface area contributed by atoms with Crippen LogP contribution in [0.5, 0.6) is 0 Å². The number of carbonyl (C=O) groups is 1. The number of hydrogen-bond acceptors (Lipinski definition) is 3. The lowest BCUT2D eigenvalue weighted by molar-refractivity contribution is -0.130. The number of carbonyl (C=O) groups excluding carboxylic acids is 1. The second kappa shape index (κ2) is 8.75. The second-order valence-corrected chi connectivity index (χ2v) is 7.92. The van der Waals surface area contributed by atoms with Crippen LogP contribution >= 0.6 is 24.2 Å². The van der Waals surface area contributed by atoms with Crippen molar-refractivity contribution in [1.82, 2.24) is 4.90 Å². The fraction of sp³-hybridized carbons (Fsp3) is 0.350. The molecule has 0 aliphatic carbocycles. The van der Waals surface area contributed by atoms with E-state index in [4.69, 9.17) is 5.73 Å². The number of benzene rings is 2. The molecule has 1 aliphatic heterocycles. The van der Waals surface area contributed by atoms with Gasteiger partial charge in [0.05, 0.1) is 0 Å². The van der Waals surface area contributed by atoms with Crippen LogP contribution in [0.1, 0.15) is 24.2 Å². The maximum Gasteiger partial charge on any atom is 0.240 e. The molecular formula is C20H25ClN2OS. The number of likely N-dealkylation sites (tertiary alicyclic amines) is 1. The molecule has 1 amide bonds. The van der Waals surface area contributed by atoms with Crippen LogP contribution in [0.2, 0.25) is 0 Å². The summed E-state index contributed by atoms with van der Waals surface area (Å²) in [5.74, 6) is 0.187.